The number of imidazole rings is 1. The molecule has 0 N–H and O–H groups in total. The number of rotatable bonds is 14. The molecular weight excluding hydrogens is 839 g/mol. The molecule has 0 unspecified atom stereocenters. The zero-order valence-corrected chi connectivity index (χ0v) is 36.0. The highest BCUT2D eigenvalue weighted by Crippen LogP contribution is 2.25. The van der Waals surface area contributed by atoms with Gasteiger partial charge in [-0.25, -0.2) is 19.6 Å². The molecular formula is C41H51BrF3N7O7. The van der Waals surface area contributed by atoms with Crippen LogP contribution >= 0.6 is 15.9 Å². The Kier molecular flexibility index (Phi) is 16.8. The van der Waals surface area contributed by atoms with Crippen LogP contribution in [0.3, 0.4) is 0 Å². The zero-order chi connectivity index (χ0) is 43.4. The van der Waals surface area contributed by atoms with Crippen molar-refractivity contribution in [3.05, 3.63) is 118 Å². The van der Waals surface area contributed by atoms with E-state index in [2.05, 4.69) is 68.8 Å². The van der Waals surface area contributed by atoms with E-state index in [1.165, 1.54) is 59.6 Å². The van der Waals surface area contributed by atoms with Crippen molar-refractivity contribution in [3.63, 3.8) is 0 Å². The van der Waals surface area contributed by atoms with Crippen LogP contribution in [-0.2, 0) is 62.4 Å². The fourth-order valence-corrected chi connectivity index (χ4v) is 6.60. The molecule has 5 aromatic rings. The van der Waals surface area contributed by atoms with E-state index in [0.29, 0.717) is 61.9 Å². The van der Waals surface area contributed by atoms with Crippen LogP contribution in [0.25, 0.3) is 11.2 Å². The standard InChI is InChI=1S/C20H23F3N4O4.C13H19N3O3.C8H9Br/c1-4-9-30-10-8-15-24-17-16(18(28)26(3)19(29)25(17)2)27(15)12-13-6-5-7-14(11-13)31-20(21,22)23;1-4-6-19-7-5-9-8-10-11(14-9)15(2)13(18)16(3)12(10)17;1-7-3-2-4-8(5-7)6-9/h5-7,11H,4,8-10,12H2,1-3H3;4-8H2,1-3H3;2-5H,6H2,1H3. The highest BCUT2D eigenvalue weighted by atomic mass is 79.9. The molecule has 4 heterocycles. The van der Waals surface area contributed by atoms with Crippen LogP contribution in [0.2, 0.25) is 0 Å². The van der Waals surface area contributed by atoms with E-state index in [0.717, 1.165) is 39.6 Å². The normalized spacial score (nSPS) is 12.1. The minimum absolute atomic E-state index is 0.0715. The van der Waals surface area contributed by atoms with Crippen molar-refractivity contribution in [1.82, 2.24) is 27.8 Å². The van der Waals surface area contributed by atoms with Crippen molar-refractivity contribution < 1.29 is 27.4 Å². The molecule has 0 amide bonds. The van der Waals surface area contributed by atoms with Gasteiger partial charge in [-0.1, -0.05) is 71.7 Å². The van der Waals surface area contributed by atoms with Gasteiger partial charge in [0.25, 0.3) is 11.1 Å². The van der Waals surface area contributed by atoms with E-state index in [1.807, 2.05) is 6.92 Å². The summed E-state index contributed by atoms with van der Waals surface area (Å²) in [6, 6.07) is 14.0. The smallest absolute Gasteiger partial charge is 0.406 e. The second kappa shape index (κ2) is 21.3. The fourth-order valence-electron chi connectivity index (χ4n) is 6.26. The number of hydrogen-bond donors (Lipinski definition) is 0. The third kappa shape index (κ3) is 12.2. The quantitative estimate of drug-likeness (QED) is 0.101. The van der Waals surface area contributed by atoms with E-state index in [4.69, 9.17) is 9.47 Å². The summed E-state index contributed by atoms with van der Waals surface area (Å²) < 4.78 is 59.1. The second-order valence-corrected chi connectivity index (χ2v) is 14.5. The summed E-state index contributed by atoms with van der Waals surface area (Å²) in [5.41, 5.74) is 3.43. The predicted molar refractivity (Wildman–Crippen MR) is 225 cm³/mol. The van der Waals surface area contributed by atoms with Gasteiger partial charge in [0.2, 0.25) is 0 Å². The summed E-state index contributed by atoms with van der Waals surface area (Å²) in [5.74, 6) is 0.632. The number of benzene rings is 2. The van der Waals surface area contributed by atoms with Gasteiger partial charge in [0.1, 0.15) is 17.4 Å². The van der Waals surface area contributed by atoms with Crippen LogP contribution in [0.15, 0.2) is 72.7 Å². The Hall–Kier alpha value is -5.07. The van der Waals surface area contributed by atoms with Gasteiger partial charge in [0, 0.05) is 78.3 Å². The van der Waals surface area contributed by atoms with Gasteiger partial charge in [0.05, 0.1) is 18.8 Å². The third-order valence-electron chi connectivity index (χ3n) is 9.21. The lowest BCUT2D eigenvalue weighted by Crippen LogP contribution is -2.38. The molecule has 6 rings (SSSR count). The number of nitrogens with zero attached hydrogens (tertiary/aromatic N) is 7. The van der Waals surface area contributed by atoms with Gasteiger partial charge < -0.3 is 18.8 Å². The Morgan fingerprint density at radius 3 is 1.98 bits per heavy atom. The summed E-state index contributed by atoms with van der Waals surface area (Å²) in [7, 11) is 6.01. The Labute approximate surface area is 347 Å². The molecule has 320 valence electrons. The molecule has 18 heteroatoms. The predicted octanol–water partition coefficient (Wildman–Crippen LogP) is 5.77. The van der Waals surface area contributed by atoms with Crippen LogP contribution < -0.4 is 27.2 Å². The molecule has 3 aromatic heterocycles. The minimum atomic E-state index is -4.81. The maximum Gasteiger partial charge on any atom is 0.573 e. The number of aliphatic imine (C=N–C) groups is 1. The molecule has 0 saturated heterocycles. The summed E-state index contributed by atoms with van der Waals surface area (Å²) in [4.78, 5) is 57.8. The number of fused-ring (bicyclic) bond motifs is 2. The van der Waals surface area contributed by atoms with E-state index >= 15 is 0 Å². The summed E-state index contributed by atoms with van der Waals surface area (Å²) in [6.07, 6.45) is -1.39. The molecule has 14 nitrogen and oxygen atoms in total. The maximum absolute atomic E-state index is 12.8. The first-order valence-corrected chi connectivity index (χ1v) is 20.2. The fraction of sp³-hybridized carbons (Fsp3) is 0.463. The molecule has 1 aliphatic rings. The first kappa shape index (κ1) is 46.6. The lowest BCUT2D eigenvalue weighted by Gasteiger charge is -2.12. The highest BCUT2D eigenvalue weighted by molar-refractivity contribution is 9.08. The largest absolute Gasteiger partial charge is 0.573 e. The van der Waals surface area contributed by atoms with Crippen molar-refractivity contribution in [2.75, 3.05) is 26.4 Å². The molecule has 0 spiro atoms. The van der Waals surface area contributed by atoms with Gasteiger partial charge in [0.15, 0.2) is 11.2 Å². The summed E-state index contributed by atoms with van der Waals surface area (Å²) in [6.45, 7) is 8.47. The van der Waals surface area contributed by atoms with E-state index in [1.54, 1.807) is 17.7 Å². The third-order valence-corrected chi connectivity index (χ3v) is 9.86. The number of aromatic nitrogens is 6. The van der Waals surface area contributed by atoms with Gasteiger partial charge >= 0.3 is 17.7 Å². The molecule has 0 radical (unpaired) electrons. The maximum atomic E-state index is 12.8. The van der Waals surface area contributed by atoms with Crippen LogP contribution in [0.1, 0.15) is 61.2 Å². The Morgan fingerprint density at radius 1 is 0.763 bits per heavy atom. The SMILES string of the molecule is CCCOCCC1=Nc2c(c(=O)n(C)c(=O)n2C)C1.CCCOCCc1nc2c(c(=O)n(C)c(=O)n2C)n1Cc1cccc(OC(F)(F)F)c1.Cc1cccc(CBr)c1. The van der Waals surface area contributed by atoms with Gasteiger partial charge in [-0.15, -0.1) is 13.2 Å². The van der Waals surface area contributed by atoms with Crippen molar-refractivity contribution in [2.24, 2.45) is 33.2 Å². The lowest BCUT2D eigenvalue weighted by atomic mass is 10.1. The molecule has 59 heavy (non-hydrogen) atoms. The topological polar surface area (TPSA) is 146 Å². The van der Waals surface area contributed by atoms with Crippen LogP contribution in [0.5, 0.6) is 5.75 Å². The zero-order valence-electron chi connectivity index (χ0n) is 34.4. The highest BCUT2D eigenvalue weighted by Gasteiger charge is 2.31. The van der Waals surface area contributed by atoms with Crippen LogP contribution in [0.4, 0.5) is 19.0 Å². The molecule has 0 atom stereocenters. The monoisotopic (exact) mass is 889 g/mol. The van der Waals surface area contributed by atoms with Crippen molar-refractivity contribution in [3.8, 4) is 5.75 Å². The van der Waals surface area contributed by atoms with Crippen molar-refractivity contribution in [1.29, 1.82) is 0 Å². The minimum Gasteiger partial charge on any atom is -0.406 e. The second-order valence-electron chi connectivity index (χ2n) is 13.9. The number of aryl methyl sites for hydroxylation is 2. The molecule has 0 aliphatic carbocycles. The number of hydrogen-bond acceptors (Lipinski definition) is 9. The van der Waals surface area contributed by atoms with Crippen LogP contribution in [-0.4, -0.2) is 66.3 Å². The first-order valence-electron chi connectivity index (χ1n) is 19.1. The van der Waals surface area contributed by atoms with Gasteiger partial charge in [-0.3, -0.25) is 27.9 Å². The summed E-state index contributed by atoms with van der Waals surface area (Å²) in [5, 5.41) is 0.953. The molecule has 2 aromatic carbocycles. The first-order chi connectivity index (χ1) is 28.0. The average molecular weight is 891 g/mol. The molecule has 0 bridgehead atoms. The Morgan fingerprint density at radius 2 is 1.37 bits per heavy atom. The Bertz CT molecular complexity index is 2500. The van der Waals surface area contributed by atoms with Crippen molar-refractivity contribution >= 4 is 38.6 Å². The average Bonchev–Trinajstić information content (AvgIpc) is 3.80. The van der Waals surface area contributed by atoms with Crippen LogP contribution in [0, 0.1) is 6.92 Å². The summed E-state index contributed by atoms with van der Waals surface area (Å²) >= 11 is 3.39. The number of alkyl halides is 4. The molecule has 0 fully saturated rings. The molecule has 1 aliphatic heterocycles. The van der Waals surface area contributed by atoms with E-state index in [9.17, 15) is 32.3 Å². The van der Waals surface area contributed by atoms with E-state index in [-0.39, 0.29) is 34.7 Å². The van der Waals surface area contributed by atoms with E-state index < -0.39 is 17.6 Å². The number of ether oxygens (including phenoxy) is 3. The van der Waals surface area contributed by atoms with Gasteiger partial charge in [-0.2, -0.15) is 0 Å². The van der Waals surface area contributed by atoms with Crippen molar-refractivity contribution in [2.45, 2.75) is 71.1 Å². The molecule has 0 saturated carbocycles. The number of halogens is 4. The van der Waals surface area contributed by atoms with Gasteiger partial charge in [-0.05, 0) is 43.0 Å². The Balaban J connectivity index is 0.000000230. The lowest BCUT2D eigenvalue weighted by molar-refractivity contribution is -0.274.